The second kappa shape index (κ2) is 6.41. The highest BCUT2D eigenvalue weighted by Crippen LogP contribution is 2.18. The van der Waals surface area contributed by atoms with Crippen LogP contribution in [-0.4, -0.2) is 26.6 Å². The SMILES string of the molecule is O=C(CC1C=CS(=O)(=O)C1)NCCc1cccc(Cl)c1. The molecular weight excluding hydrogens is 298 g/mol. The molecule has 1 amide bonds. The van der Waals surface area contributed by atoms with Gasteiger partial charge in [-0.3, -0.25) is 4.79 Å². The van der Waals surface area contributed by atoms with E-state index in [9.17, 15) is 13.2 Å². The summed E-state index contributed by atoms with van der Waals surface area (Å²) < 4.78 is 22.4. The van der Waals surface area contributed by atoms with Crippen molar-refractivity contribution in [3.05, 3.63) is 46.3 Å². The van der Waals surface area contributed by atoms with Crippen molar-refractivity contribution >= 4 is 27.3 Å². The molecule has 0 radical (unpaired) electrons. The molecule has 0 aromatic heterocycles. The average Bonchev–Trinajstić information content (AvgIpc) is 2.68. The van der Waals surface area contributed by atoms with Crippen molar-refractivity contribution in [3.63, 3.8) is 0 Å². The molecule has 1 heterocycles. The Kier molecular flexibility index (Phi) is 4.83. The summed E-state index contributed by atoms with van der Waals surface area (Å²) in [6, 6.07) is 7.48. The van der Waals surface area contributed by atoms with Crippen molar-refractivity contribution in [3.8, 4) is 0 Å². The van der Waals surface area contributed by atoms with E-state index in [2.05, 4.69) is 5.32 Å². The second-order valence-electron chi connectivity index (χ2n) is 4.85. The van der Waals surface area contributed by atoms with Gasteiger partial charge in [0.2, 0.25) is 5.91 Å². The number of nitrogens with one attached hydrogen (secondary N) is 1. The zero-order valence-corrected chi connectivity index (χ0v) is 12.5. The van der Waals surface area contributed by atoms with E-state index in [0.717, 1.165) is 5.56 Å². The van der Waals surface area contributed by atoms with Gasteiger partial charge in [0, 0.05) is 29.3 Å². The van der Waals surface area contributed by atoms with Gasteiger partial charge in [-0.25, -0.2) is 8.42 Å². The van der Waals surface area contributed by atoms with Crippen molar-refractivity contribution in [2.45, 2.75) is 12.8 Å². The van der Waals surface area contributed by atoms with E-state index in [-0.39, 0.29) is 24.0 Å². The summed E-state index contributed by atoms with van der Waals surface area (Å²) in [6.07, 6.45) is 2.50. The zero-order chi connectivity index (χ0) is 14.6. The van der Waals surface area contributed by atoms with E-state index in [1.54, 1.807) is 12.1 Å². The van der Waals surface area contributed by atoms with Gasteiger partial charge < -0.3 is 5.32 Å². The summed E-state index contributed by atoms with van der Waals surface area (Å²) in [5.74, 6) is -0.292. The van der Waals surface area contributed by atoms with Gasteiger partial charge in [0.15, 0.2) is 9.84 Å². The molecule has 108 valence electrons. The number of allylic oxidation sites excluding steroid dienone is 1. The van der Waals surface area contributed by atoms with Crippen LogP contribution in [0.1, 0.15) is 12.0 Å². The lowest BCUT2D eigenvalue weighted by Gasteiger charge is -2.08. The molecule has 1 atom stereocenters. The largest absolute Gasteiger partial charge is 0.356 e. The van der Waals surface area contributed by atoms with Crippen LogP contribution in [0.25, 0.3) is 0 Å². The third-order valence-corrected chi connectivity index (χ3v) is 4.78. The number of amides is 1. The van der Waals surface area contributed by atoms with Gasteiger partial charge in [-0.2, -0.15) is 0 Å². The predicted molar refractivity (Wildman–Crippen MR) is 79.2 cm³/mol. The molecule has 0 spiro atoms. The molecule has 1 aliphatic heterocycles. The summed E-state index contributed by atoms with van der Waals surface area (Å²) in [6.45, 7) is 0.516. The van der Waals surface area contributed by atoms with Crippen molar-refractivity contribution in [2.75, 3.05) is 12.3 Å². The molecule has 0 saturated carbocycles. The zero-order valence-electron chi connectivity index (χ0n) is 10.9. The van der Waals surface area contributed by atoms with Crippen LogP contribution in [-0.2, 0) is 21.1 Å². The Hall–Kier alpha value is -1.33. The quantitative estimate of drug-likeness (QED) is 0.903. The number of sulfone groups is 1. The Labute approximate surface area is 123 Å². The first-order chi connectivity index (χ1) is 9.44. The van der Waals surface area contributed by atoms with Crippen LogP contribution < -0.4 is 5.32 Å². The van der Waals surface area contributed by atoms with Crippen LogP contribution in [0.3, 0.4) is 0 Å². The van der Waals surface area contributed by atoms with E-state index in [1.165, 1.54) is 5.41 Å². The van der Waals surface area contributed by atoms with Crippen molar-refractivity contribution in [2.24, 2.45) is 5.92 Å². The summed E-state index contributed by atoms with van der Waals surface area (Å²) in [7, 11) is -3.08. The summed E-state index contributed by atoms with van der Waals surface area (Å²) >= 11 is 5.87. The summed E-state index contributed by atoms with van der Waals surface area (Å²) in [5.41, 5.74) is 1.06. The van der Waals surface area contributed by atoms with Crippen LogP contribution in [0.15, 0.2) is 35.7 Å². The fraction of sp³-hybridized carbons (Fsp3) is 0.357. The molecule has 1 unspecified atom stereocenters. The number of carbonyl (C=O) groups excluding carboxylic acids is 1. The smallest absolute Gasteiger partial charge is 0.220 e. The lowest BCUT2D eigenvalue weighted by Crippen LogP contribution is -2.27. The molecule has 0 saturated heterocycles. The fourth-order valence-electron chi connectivity index (χ4n) is 2.12. The lowest BCUT2D eigenvalue weighted by atomic mass is 10.1. The third-order valence-electron chi connectivity index (χ3n) is 3.08. The van der Waals surface area contributed by atoms with Crippen LogP contribution in [0.2, 0.25) is 5.02 Å². The van der Waals surface area contributed by atoms with Gasteiger partial charge in [0.25, 0.3) is 0 Å². The molecule has 0 fully saturated rings. The Balaban J connectivity index is 1.72. The van der Waals surface area contributed by atoms with Crippen molar-refractivity contribution in [1.82, 2.24) is 5.32 Å². The highest BCUT2D eigenvalue weighted by Gasteiger charge is 2.23. The monoisotopic (exact) mass is 313 g/mol. The maximum Gasteiger partial charge on any atom is 0.220 e. The molecule has 2 rings (SSSR count). The standard InChI is InChI=1S/C14H16ClNO3S/c15-13-3-1-2-11(8-13)4-6-16-14(17)9-12-5-7-20(18,19)10-12/h1-3,5,7-8,12H,4,6,9-10H2,(H,16,17). The first-order valence-electron chi connectivity index (χ1n) is 6.37. The number of halogens is 1. The van der Waals surface area contributed by atoms with Gasteiger partial charge >= 0.3 is 0 Å². The lowest BCUT2D eigenvalue weighted by molar-refractivity contribution is -0.121. The Morgan fingerprint density at radius 1 is 1.40 bits per heavy atom. The number of carbonyl (C=O) groups is 1. The first-order valence-corrected chi connectivity index (χ1v) is 8.46. The number of hydrogen-bond acceptors (Lipinski definition) is 3. The van der Waals surface area contributed by atoms with Gasteiger partial charge in [-0.1, -0.05) is 29.8 Å². The molecular formula is C14H16ClNO3S. The molecule has 1 aromatic carbocycles. The highest BCUT2D eigenvalue weighted by atomic mass is 35.5. The van der Waals surface area contributed by atoms with E-state index in [4.69, 9.17) is 11.6 Å². The maximum atomic E-state index is 11.7. The normalized spacial score (nSPS) is 19.9. The van der Waals surface area contributed by atoms with Crippen LogP contribution >= 0.6 is 11.6 Å². The van der Waals surface area contributed by atoms with E-state index in [1.807, 2.05) is 18.2 Å². The molecule has 20 heavy (non-hydrogen) atoms. The third kappa shape index (κ3) is 4.65. The Bertz CT molecular complexity index is 625. The highest BCUT2D eigenvalue weighted by molar-refractivity contribution is 7.94. The second-order valence-corrected chi connectivity index (χ2v) is 7.22. The molecule has 0 aliphatic carbocycles. The summed E-state index contributed by atoms with van der Waals surface area (Å²) in [5, 5.41) is 4.66. The minimum atomic E-state index is -3.08. The topological polar surface area (TPSA) is 63.2 Å². The van der Waals surface area contributed by atoms with Crippen LogP contribution in [0.4, 0.5) is 0 Å². The average molecular weight is 314 g/mol. The molecule has 6 heteroatoms. The van der Waals surface area contributed by atoms with Crippen LogP contribution in [0.5, 0.6) is 0 Å². The number of rotatable bonds is 5. The minimum absolute atomic E-state index is 0.0364. The van der Waals surface area contributed by atoms with Crippen LogP contribution in [0, 0.1) is 5.92 Å². The number of hydrogen-bond donors (Lipinski definition) is 1. The van der Waals surface area contributed by atoms with Gasteiger partial charge in [0.1, 0.15) is 0 Å². The summed E-state index contributed by atoms with van der Waals surface area (Å²) in [4.78, 5) is 11.7. The van der Waals surface area contributed by atoms with Gasteiger partial charge in [0.05, 0.1) is 5.75 Å². The van der Waals surface area contributed by atoms with E-state index >= 15 is 0 Å². The maximum absolute atomic E-state index is 11.7. The molecule has 1 aliphatic rings. The van der Waals surface area contributed by atoms with E-state index < -0.39 is 9.84 Å². The number of benzene rings is 1. The van der Waals surface area contributed by atoms with E-state index in [0.29, 0.717) is 18.0 Å². The fourth-order valence-corrected chi connectivity index (χ4v) is 3.73. The van der Waals surface area contributed by atoms with Crippen molar-refractivity contribution < 1.29 is 13.2 Å². The molecule has 4 nitrogen and oxygen atoms in total. The Morgan fingerprint density at radius 3 is 2.85 bits per heavy atom. The molecule has 1 aromatic rings. The van der Waals surface area contributed by atoms with Gasteiger partial charge in [-0.05, 0) is 24.1 Å². The molecule has 0 bridgehead atoms. The Morgan fingerprint density at radius 2 is 2.20 bits per heavy atom. The first kappa shape index (κ1) is 15.1. The minimum Gasteiger partial charge on any atom is -0.356 e. The predicted octanol–water partition coefficient (Wildman–Crippen LogP) is 1.95. The van der Waals surface area contributed by atoms with Crippen molar-refractivity contribution in [1.29, 1.82) is 0 Å². The van der Waals surface area contributed by atoms with Gasteiger partial charge in [-0.15, -0.1) is 0 Å². The molecule has 1 N–H and O–H groups in total.